The lowest BCUT2D eigenvalue weighted by Gasteiger charge is -2.08. The quantitative estimate of drug-likeness (QED) is 0.351. The Balaban J connectivity index is 1.44. The Kier molecular flexibility index (Phi) is 7.03. The number of carbonyl (C=O) groups is 2. The number of aryl methyl sites for hydroxylation is 1. The van der Waals surface area contributed by atoms with Crippen molar-refractivity contribution >= 4 is 17.7 Å². The molecule has 0 radical (unpaired) electrons. The van der Waals surface area contributed by atoms with E-state index in [1.165, 1.54) is 0 Å². The van der Waals surface area contributed by atoms with Crippen LogP contribution in [0.1, 0.15) is 16.9 Å². The van der Waals surface area contributed by atoms with Gasteiger partial charge in [-0.15, -0.1) is 0 Å². The van der Waals surface area contributed by atoms with Gasteiger partial charge in [0.05, 0.1) is 13.0 Å². The molecule has 172 valence electrons. The van der Waals surface area contributed by atoms with Crippen LogP contribution < -0.4 is 5.32 Å². The maximum atomic E-state index is 12.3. The predicted molar refractivity (Wildman–Crippen MR) is 129 cm³/mol. The van der Waals surface area contributed by atoms with Crippen molar-refractivity contribution in [3.8, 4) is 22.4 Å². The van der Waals surface area contributed by atoms with Crippen molar-refractivity contribution in [1.29, 1.82) is 0 Å². The first-order valence-corrected chi connectivity index (χ1v) is 10.8. The van der Waals surface area contributed by atoms with Crippen molar-refractivity contribution in [3.05, 3.63) is 95.7 Å². The average Bonchev–Trinajstić information content (AvgIpc) is 3.19. The van der Waals surface area contributed by atoms with Gasteiger partial charge >= 0.3 is 12.1 Å². The number of nitrogens with one attached hydrogen (secondary N) is 1. The van der Waals surface area contributed by atoms with Crippen molar-refractivity contribution in [2.24, 2.45) is 0 Å². The van der Waals surface area contributed by atoms with E-state index in [4.69, 9.17) is 14.4 Å². The minimum absolute atomic E-state index is 0.0272. The topological polar surface area (TPSA) is 102 Å². The molecule has 7 nitrogen and oxygen atoms in total. The number of amides is 1. The van der Waals surface area contributed by atoms with Crippen LogP contribution in [0, 0.1) is 6.92 Å². The van der Waals surface area contributed by atoms with E-state index in [2.05, 4.69) is 10.5 Å². The lowest BCUT2D eigenvalue weighted by molar-refractivity contribution is -0.136. The van der Waals surface area contributed by atoms with E-state index in [1.807, 2.05) is 72.8 Å². The van der Waals surface area contributed by atoms with Gasteiger partial charge in [-0.1, -0.05) is 84.0 Å². The molecule has 3 aromatic carbocycles. The molecule has 0 aliphatic rings. The highest BCUT2D eigenvalue weighted by Crippen LogP contribution is 2.32. The second kappa shape index (κ2) is 10.5. The SMILES string of the molecule is Cc1onc(-c2ccc(-c3cccc(CC(=O)O)c3)cc2)c1NC(=O)OCCc1ccccc1. The van der Waals surface area contributed by atoms with Gasteiger partial charge in [0.15, 0.2) is 5.76 Å². The molecule has 0 saturated heterocycles. The highest BCUT2D eigenvalue weighted by Gasteiger charge is 2.18. The summed E-state index contributed by atoms with van der Waals surface area (Å²) in [6, 6.07) is 24.8. The zero-order valence-electron chi connectivity index (χ0n) is 18.7. The first-order valence-electron chi connectivity index (χ1n) is 10.8. The zero-order chi connectivity index (χ0) is 23.9. The standard InChI is InChI=1S/C27H24N2O5/c1-18-25(28-27(32)33-15-14-19-6-3-2-4-7-19)26(29-34-18)22-12-10-21(11-13-22)23-9-5-8-20(16-23)17-24(30)31/h2-13,16H,14-15,17H2,1H3,(H,28,32)(H,30,31). The molecule has 0 aliphatic carbocycles. The summed E-state index contributed by atoms with van der Waals surface area (Å²) in [6.45, 7) is 1.98. The predicted octanol–water partition coefficient (Wildman–Crippen LogP) is 5.74. The lowest BCUT2D eigenvalue weighted by atomic mass is 9.99. The second-order valence-corrected chi connectivity index (χ2v) is 7.81. The fourth-order valence-corrected chi connectivity index (χ4v) is 3.62. The summed E-state index contributed by atoms with van der Waals surface area (Å²) in [5.41, 5.74) is 5.41. The van der Waals surface area contributed by atoms with Gasteiger partial charge in [0, 0.05) is 12.0 Å². The van der Waals surface area contributed by atoms with Gasteiger partial charge in [-0.05, 0) is 29.2 Å². The first-order chi connectivity index (χ1) is 16.5. The molecule has 34 heavy (non-hydrogen) atoms. The van der Waals surface area contributed by atoms with Crippen LogP contribution in [-0.4, -0.2) is 28.9 Å². The number of ether oxygens (including phenoxy) is 1. The van der Waals surface area contributed by atoms with Crippen LogP contribution in [0.2, 0.25) is 0 Å². The van der Waals surface area contributed by atoms with Gasteiger partial charge in [0.2, 0.25) is 0 Å². The molecule has 1 amide bonds. The van der Waals surface area contributed by atoms with Crippen molar-refractivity contribution in [1.82, 2.24) is 5.16 Å². The number of rotatable bonds is 8. The first kappa shape index (κ1) is 22.8. The third kappa shape index (κ3) is 5.69. The number of carbonyl (C=O) groups excluding carboxylic acids is 1. The highest BCUT2D eigenvalue weighted by molar-refractivity contribution is 5.91. The van der Waals surface area contributed by atoms with E-state index in [-0.39, 0.29) is 13.0 Å². The van der Waals surface area contributed by atoms with Gasteiger partial charge in [-0.2, -0.15) is 0 Å². The molecule has 0 fully saturated rings. The molecule has 4 aromatic rings. The van der Waals surface area contributed by atoms with Gasteiger partial charge in [-0.25, -0.2) is 4.79 Å². The van der Waals surface area contributed by atoms with Crippen LogP contribution in [0.4, 0.5) is 10.5 Å². The number of carboxylic acids is 1. The minimum Gasteiger partial charge on any atom is -0.481 e. The van der Waals surface area contributed by atoms with Crippen molar-refractivity contribution in [2.75, 3.05) is 11.9 Å². The minimum atomic E-state index is -0.868. The Morgan fingerprint density at radius 3 is 2.35 bits per heavy atom. The Hall–Kier alpha value is -4.39. The third-order valence-electron chi connectivity index (χ3n) is 5.33. The number of aromatic nitrogens is 1. The largest absolute Gasteiger partial charge is 0.481 e. The van der Waals surface area contributed by atoms with Gasteiger partial charge in [-0.3, -0.25) is 10.1 Å². The number of aliphatic carboxylic acids is 1. The smallest absolute Gasteiger partial charge is 0.411 e. The summed E-state index contributed by atoms with van der Waals surface area (Å²) in [5, 5.41) is 15.9. The molecular weight excluding hydrogens is 432 g/mol. The lowest BCUT2D eigenvalue weighted by Crippen LogP contribution is -2.16. The Bertz CT molecular complexity index is 1280. The van der Waals surface area contributed by atoms with E-state index in [0.29, 0.717) is 23.6 Å². The van der Waals surface area contributed by atoms with Crippen LogP contribution in [0.15, 0.2) is 83.4 Å². The summed E-state index contributed by atoms with van der Waals surface area (Å²) in [4.78, 5) is 23.3. The van der Waals surface area contributed by atoms with E-state index >= 15 is 0 Å². The summed E-state index contributed by atoms with van der Waals surface area (Å²) in [6.07, 6.45) is 0.0230. The van der Waals surface area contributed by atoms with Crippen LogP contribution in [0.3, 0.4) is 0 Å². The third-order valence-corrected chi connectivity index (χ3v) is 5.33. The summed E-state index contributed by atoms with van der Waals surface area (Å²) >= 11 is 0. The monoisotopic (exact) mass is 456 g/mol. The van der Waals surface area contributed by atoms with Crippen LogP contribution in [0.5, 0.6) is 0 Å². The van der Waals surface area contributed by atoms with Crippen molar-refractivity contribution < 1.29 is 24.0 Å². The molecule has 7 heteroatoms. The summed E-state index contributed by atoms with van der Waals surface area (Å²) in [7, 11) is 0. The fourth-order valence-electron chi connectivity index (χ4n) is 3.62. The molecule has 2 N–H and O–H groups in total. The molecular formula is C27H24N2O5. The maximum Gasteiger partial charge on any atom is 0.411 e. The molecule has 0 aliphatic heterocycles. The van der Waals surface area contributed by atoms with E-state index < -0.39 is 12.1 Å². The number of carboxylic acid groups (broad SMARTS) is 1. The maximum absolute atomic E-state index is 12.3. The van der Waals surface area contributed by atoms with Gasteiger partial charge < -0.3 is 14.4 Å². The molecule has 0 bridgehead atoms. The van der Waals surface area contributed by atoms with Gasteiger partial charge in [0.1, 0.15) is 11.4 Å². The number of hydrogen-bond acceptors (Lipinski definition) is 5. The normalized spacial score (nSPS) is 10.6. The molecule has 0 saturated carbocycles. The molecule has 4 rings (SSSR count). The number of hydrogen-bond donors (Lipinski definition) is 2. The van der Waals surface area contributed by atoms with E-state index in [1.54, 1.807) is 13.0 Å². The van der Waals surface area contributed by atoms with Crippen molar-refractivity contribution in [3.63, 3.8) is 0 Å². The average molecular weight is 456 g/mol. The number of anilines is 1. The zero-order valence-corrected chi connectivity index (χ0v) is 18.7. The number of nitrogens with zero attached hydrogens (tertiary/aromatic N) is 1. The highest BCUT2D eigenvalue weighted by atomic mass is 16.5. The van der Waals surface area contributed by atoms with Crippen LogP contribution in [-0.2, 0) is 22.4 Å². The van der Waals surface area contributed by atoms with E-state index in [9.17, 15) is 9.59 Å². The Labute approximate surface area is 197 Å². The molecule has 1 heterocycles. The number of benzene rings is 3. The van der Waals surface area contributed by atoms with Crippen molar-refractivity contribution in [2.45, 2.75) is 19.8 Å². The van der Waals surface area contributed by atoms with E-state index in [0.717, 1.165) is 27.8 Å². The molecule has 0 unspecified atom stereocenters. The molecule has 0 spiro atoms. The Morgan fingerprint density at radius 2 is 1.62 bits per heavy atom. The summed E-state index contributed by atoms with van der Waals surface area (Å²) < 4.78 is 10.6. The fraction of sp³-hybridized carbons (Fsp3) is 0.148. The molecule has 0 atom stereocenters. The van der Waals surface area contributed by atoms with Crippen LogP contribution >= 0.6 is 0 Å². The second-order valence-electron chi connectivity index (χ2n) is 7.81. The Morgan fingerprint density at radius 1 is 0.912 bits per heavy atom. The summed E-state index contributed by atoms with van der Waals surface area (Å²) in [5.74, 6) is -0.395. The van der Waals surface area contributed by atoms with Gasteiger partial charge in [0.25, 0.3) is 0 Å². The molecule has 1 aromatic heterocycles. The van der Waals surface area contributed by atoms with Crippen LogP contribution in [0.25, 0.3) is 22.4 Å².